The lowest BCUT2D eigenvalue weighted by atomic mass is 9.89. The molecule has 2 aromatic heterocycles. The SMILES string of the molecule is Cc1cc(C(=O)N2CCOC3(CCN(CCOc4ccc(CNCC(O)c5ccc(OC=O)c6[nH]c(=O)sc56)cc4)CC3)C2)cs1. The highest BCUT2D eigenvalue weighted by atomic mass is 32.1. The summed E-state index contributed by atoms with van der Waals surface area (Å²) < 4.78 is 17.8. The Bertz CT molecular complexity index is 1710. The van der Waals surface area contributed by atoms with Crippen LogP contribution in [0.15, 0.2) is 52.6 Å². The molecule has 0 aliphatic carbocycles. The standard InChI is InChI=1S/C33H38N4O7S2/c1-22-16-24(19-45-22)31(40)37-13-15-44-33(20-37)8-10-36(11-9-33)12-14-42-25-4-2-23(3-5-25)17-34-18-27(39)26-6-7-28(43-21-38)29-30(26)46-32(41)35-29/h2-7,16,19,21,27,34,39H,8-15,17-18,20H2,1H3,(H,35,41). The van der Waals surface area contributed by atoms with Crippen molar-refractivity contribution >= 4 is 45.3 Å². The first-order chi connectivity index (χ1) is 22.3. The third kappa shape index (κ3) is 7.51. The maximum absolute atomic E-state index is 13.0. The van der Waals surface area contributed by atoms with Crippen molar-refractivity contribution in [1.82, 2.24) is 20.1 Å². The number of aryl methyl sites for hydroxylation is 1. The Balaban J connectivity index is 0.914. The van der Waals surface area contributed by atoms with Gasteiger partial charge in [-0.05, 0) is 49.6 Å². The first-order valence-corrected chi connectivity index (χ1v) is 17.1. The van der Waals surface area contributed by atoms with E-state index in [0.29, 0.717) is 55.1 Å². The molecule has 2 saturated heterocycles. The predicted molar refractivity (Wildman–Crippen MR) is 177 cm³/mol. The molecule has 1 amide bonds. The van der Waals surface area contributed by atoms with Gasteiger partial charge in [0.05, 0.1) is 35.1 Å². The maximum Gasteiger partial charge on any atom is 0.305 e. The molecule has 6 rings (SSSR count). The number of amides is 1. The molecule has 1 atom stereocenters. The van der Waals surface area contributed by atoms with Gasteiger partial charge in [-0.2, -0.15) is 0 Å². The second kappa shape index (κ2) is 14.4. The summed E-state index contributed by atoms with van der Waals surface area (Å²) in [5, 5.41) is 16.0. The van der Waals surface area contributed by atoms with Gasteiger partial charge in [0, 0.05) is 55.1 Å². The second-order valence-corrected chi connectivity index (χ2v) is 13.9. The number of ether oxygens (including phenoxy) is 3. The van der Waals surface area contributed by atoms with Crippen molar-refractivity contribution in [3.63, 3.8) is 0 Å². The van der Waals surface area contributed by atoms with Gasteiger partial charge in [-0.25, -0.2) is 0 Å². The molecule has 11 nitrogen and oxygen atoms in total. The lowest BCUT2D eigenvalue weighted by Gasteiger charge is -2.47. The lowest BCUT2D eigenvalue weighted by Crippen LogP contribution is -2.58. The van der Waals surface area contributed by atoms with Gasteiger partial charge in [0.2, 0.25) is 0 Å². The van der Waals surface area contributed by atoms with Crippen LogP contribution < -0.4 is 19.7 Å². The quantitative estimate of drug-likeness (QED) is 0.194. The Morgan fingerprint density at radius 2 is 2.00 bits per heavy atom. The molecule has 4 aromatic rings. The topological polar surface area (TPSA) is 133 Å². The Labute approximate surface area is 274 Å². The summed E-state index contributed by atoms with van der Waals surface area (Å²) in [5.74, 6) is 1.15. The van der Waals surface area contributed by atoms with E-state index in [-0.39, 0.29) is 28.7 Å². The van der Waals surface area contributed by atoms with E-state index in [4.69, 9.17) is 14.2 Å². The molecule has 13 heteroatoms. The number of hydrogen-bond donors (Lipinski definition) is 3. The third-order valence-electron chi connectivity index (χ3n) is 8.65. The number of nitrogens with zero attached hydrogens (tertiary/aromatic N) is 2. The number of carbonyl (C=O) groups excluding carboxylic acids is 2. The van der Waals surface area contributed by atoms with E-state index in [1.54, 1.807) is 23.5 Å². The number of aromatic amines is 1. The number of nitrogens with one attached hydrogen (secondary N) is 2. The molecular formula is C33H38N4O7S2. The van der Waals surface area contributed by atoms with Crippen molar-refractivity contribution < 1.29 is 28.9 Å². The number of piperidine rings is 1. The van der Waals surface area contributed by atoms with E-state index in [9.17, 15) is 19.5 Å². The minimum atomic E-state index is -0.854. The fraction of sp³-hybridized carbons (Fsp3) is 0.424. The van der Waals surface area contributed by atoms with E-state index in [0.717, 1.165) is 65.6 Å². The van der Waals surface area contributed by atoms with Gasteiger partial charge in [0.15, 0.2) is 5.75 Å². The van der Waals surface area contributed by atoms with Gasteiger partial charge in [0.1, 0.15) is 17.9 Å². The van der Waals surface area contributed by atoms with Crippen LogP contribution in [0.3, 0.4) is 0 Å². The molecule has 4 heterocycles. The van der Waals surface area contributed by atoms with Crippen LogP contribution in [-0.4, -0.2) is 90.4 Å². The first-order valence-electron chi connectivity index (χ1n) is 15.4. The maximum atomic E-state index is 13.0. The van der Waals surface area contributed by atoms with Crippen molar-refractivity contribution in [2.45, 2.75) is 38.0 Å². The molecule has 0 radical (unpaired) electrons. The largest absolute Gasteiger partial charge is 0.492 e. The zero-order valence-corrected chi connectivity index (χ0v) is 27.3. The predicted octanol–water partition coefficient (Wildman–Crippen LogP) is 3.70. The van der Waals surface area contributed by atoms with Crippen LogP contribution in [0.2, 0.25) is 0 Å². The van der Waals surface area contributed by atoms with E-state index in [1.165, 1.54) is 0 Å². The minimum absolute atomic E-state index is 0.107. The second-order valence-electron chi connectivity index (χ2n) is 11.8. The summed E-state index contributed by atoms with van der Waals surface area (Å²) in [6, 6.07) is 13.1. The van der Waals surface area contributed by atoms with Gasteiger partial charge in [0.25, 0.3) is 12.4 Å². The molecule has 2 aliphatic heterocycles. The van der Waals surface area contributed by atoms with Crippen molar-refractivity contribution in [1.29, 1.82) is 0 Å². The molecule has 0 bridgehead atoms. The molecular weight excluding hydrogens is 629 g/mol. The number of H-pyrrole nitrogens is 1. The highest BCUT2D eigenvalue weighted by Gasteiger charge is 2.41. The minimum Gasteiger partial charge on any atom is -0.492 e. The summed E-state index contributed by atoms with van der Waals surface area (Å²) in [7, 11) is 0. The van der Waals surface area contributed by atoms with Crippen molar-refractivity contribution in [2.24, 2.45) is 0 Å². The van der Waals surface area contributed by atoms with Crippen LogP contribution >= 0.6 is 22.7 Å². The third-order valence-corrected chi connectivity index (χ3v) is 10.4. The van der Waals surface area contributed by atoms with Gasteiger partial charge in [-0.15, -0.1) is 11.3 Å². The lowest BCUT2D eigenvalue weighted by molar-refractivity contribution is -0.127. The number of fused-ring (bicyclic) bond motifs is 1. The monoisotopic (exact) mass is 666 g/mol. The summed E-state index contributed by atoms with van der Waals surface area (Å²) in [4.78, 5) is 43.6. The van der Waals surface area contributed by atoms with Crippen LogP contribution in [0.4, 0.5) is 0 Å². The summed E-state index contributed by atoms with van der Waals surface area (Å²) in [6.07, 6.45) is 0.936. The zero-order chi connectivity index (χ0) is 32.1. The van der Waals surface area contributed by atoms with Crippen LogP contribution in [-0.2, 0) is 16.1 Å². The van der Waals surface area contributed by atoms with Crippen molar-refractivity contribution in [3.8, 4) is 11.5 Å². The normalized spacial score (nSPS) is 17.3. The number of aliphatic hydroxyl groups is 1. The van der Waals surface area contributed by atoms with Crippen LogP contribution in [0, 0.1) is 6.92 Å². The average Bonchev–Trinajstić information content (AvgIpc) is 3.68. The molecule has 0 saturated carbocycles. The molecule has 2 aromatic carbocycles. The highest BCUT2D eigenvalue weighted by molar-refractivity contribution is 7.16. The molecule has 1 spiro atoms. The molecule has 244 valence electrons. The Morgan fingerprint density at radius 3 is 2.74 bits per heavy atom. The Kier molecular flexibility index (Phi) is 10.2. The first kappa shape index (κ1) is 32.4. The van der Waals surface area contributed by atoms with Crippen LogP contribution in [0.1, 0.15) is 45.3 Å². The van der Waals surface area contributed by atoms with Crippen molar-refractivity contribution in [3.05, 3.63) is 79.1 Å². The van der Waals surface area contributed by atoms with E-state index >= 15 is 0 Å². The molecule has 2 fully saturated rings. The fourth-order valence-electron chi connectivity index (χ4n) is 6.14. The highest BCUT2D eigenvalue weighted by Crippen LogP contribution is 2.33. The zero-order valence-electron chi connectivity index (χ0n) is 25.7. The summed E-state index contributed by atoms with van der Waals surface area (Å²) in [5.41, 5.74) is 2.55. The van der Waals surface area contributed by atoms with Gasteiger partial charge in [-0.1, -0.05) is 29.5 Å². The number of carbonyl (C=O) groups is 2. The number of aromatic nitrogens is 1. The van der Waals surface area contributed by atoms with Crippen LogP contribution in [0.25, 0.3) is 10.2 Å². The summed E-state index contributed by atoms with van der Waals surface area (Å²) in [6.45, 7) is 8.23. The van der Waals surface area contributed by atoms with Gasteiger partial charge in [-0.3, -0.25) is 19.3 Å². The van der Waals surface area contributed by atoms with E-state index in [2.05, 4.69) is 15.2 Å². The number of morpholine rings is 1. The smallest absolute Gasteiger partial charge is 0.305 e. The van der Waals surface area contributed by atoms with Crippen LogP contribution in [0.5, 0.6) is 11.5 Å². The molecule has 46 heavy (non-hydrogen) atoms. The molecule has 1 unspecified atom stereocenters. The number of hydrogen-bond acceptors (Lipinski definition) is 11. The average molecular weight is 667 g/mol. The number of rotatable bonds is 12. The van der Waals surface area contributed by atoms with Gasteiger partial charge >= 0.3 is 4.87 Å². The fourth-order valence-corrected chi connectivity index (χ4v) is 7.73. The van der Waals surface area contributed by atoms with E-state index in [1.807, 2.05) is 47.5 Å². The number of aliphatic hydroxyl groups excluding tert-OH is 1. The Morgan fingerprint density at radius 1 is 1.20 bits per heavy atom. The molecule has 2 aliphatic rings. The number of thiophene rings is 1. The van der Waals surface area contributed by atoms with Gasteiger partial charge < -0.3 is 34.5 Å². The Hall–Kier alpha value is -3.59. The van der Waals surface area contributed by atoms with Crippen molar-refractivity contribution in [2.75, 3.05) is 52.5 Å². The summed E-state index contributed by atoms with van der Waals surface area (Å²) >= 11 is 2.58. The van der Waals surface area contributed by atoms with E-state index < -0.39 is 6.10 Å². The number of benzene rings is 2. The number of thiazole rings is 1. The number of likely N-dealkylation sites (tertiary alicyclic amines) is 1. The molecule has 3 N–H and O–H groups in total.